The molecule has 0 bridgehead atoms. The molecule has 298 valence electrons. The number of carboxylic acids is 1. The first-order valence-electron chi connectivity index (χ1n) is 19.1. The van der Waals surface area contributed by atoms with Crippen molar-refractivity contribution in [1.82, 2.24) is 10.3 Å². The normalized spacial score (nSPS) is 26.9. The van der Waals surface area contributed by atoms with E-state index in [4.69, 9.17) is 24.3 Å². The summed E-state index contributed by atoms with van der Waals surface area (Å²) >= 11 is 0. The molecule has 2 amide bonds. The molecular weight excluding hydrogens is 770 g/mol. The molecule has 3 aliphatic rings. The number of aliphatic imine (C=N–C) groups is 1. The van der Waals surface area contributed by atoms with E-state index in [0.29, 0.717) is 28.5 Å². The predicted molar refractivity (Wildman–Crippen MR) is 207 cm³/mol. The van der Waals surface area contributed by atoms with Gasteiger partial charge < -0.3 is 34.9 Å². The van der Waals surface area contributed by atoms with Gasteiger partial charge in [-0.2, -0.15) is 0 Å². The fraction of sp³-hybridized carbons (Fsp3) is 0.524. The van der Waals surface area contributed by atoms with E-state index in [2.05, 4.69) is 57.2 Å². The van der Waals surface area contributed by atoms with Gasteiger partial charge in [-0.25, -0.2) is 19.4 Å². The van der Waals surface area contributed by atoms with Crippen molar-refractivity contribution in [3.05, 3.63) is 64.0 Å². The number of benzene rings is 1. The van der Waals surface area contributed by atoms with Gasteiger partial charge in [-0.3, -0.25) is 9.59 Å². The Kier molecular flexibility index (Phi) is 15.1. The molecule has 14 heteroatoms. The van der Waals surface area contributed by atoms with Gasteiger partial charge in [0, 0.05) is 25.1 Å². The summed E-state index contributed by atoms with van der Waals surface area (Å²) in [5.41, 5.74) is 2.01. The molecule has 1 aromatic carbocycles. The van der Waals surface area contributed by atoms with Gasteiger partial charge in [0.05, 0.1) is 11.3 Å². The fourth-order valence-corrected chi connectivity index (χ4v) is 8.73. The number of aliphatic carboxylic acids is 1. The van der Waals surface area contributed by atoms with Crippen LogP contribution < -0.4 is 15.6 Å². The number of carboxylic acid groups (broad SMARTS) is 1. The first kappa shape index (κ1) is 44.3. The fourth-order valence-electron chi connectivity index (χ4n) is 8.73. The van der Waals surface area contributed by atoms with E-state index < -0.39 is 42.9 Å². The number of amides is 2. The van der Waals surface area contributed by atoms with E-state index in [1.165, 1.54) is 6.92 Å². The number of carbonyl (C=O) groups excluding carboxylic acids is 4. The summed E-state index contributed by atoms with van der Waals surface area (Å²) in [4.78, 5) is 74.2. The minimum Gasteiger partial charge on any atom is -0.480 e. The van der Waals surface area contributed by atoms with E-state index in [1.54, 1.807) is 37.3 Å². The third-order valence-electron chi connectivity index (χ3n) is 10.8. The number of nitrogens with zero attached hydrogens (tertiary/aromatic N) is 2. The first-order chi connectivity index (χ1) is 26.0. The van der Waals surface area contributed by atoms with Gasteiger partial charge >= 0.3 is 17.9 Å². The molecule has 3 N–H and O–H groups in total. The Labute approximate surface area is 341 Å². The monoisotopic (exact) mass is 821 g/mol. The number of carbonyl (C=O) groups is 5. The molecule has 2 saturated carbocycles. The molecule has 2 heterocycles. The van der Waals surface area contributed by atoms with E-state index in [0.717, 1.165) is 25.7 Å². The number of ether oxygens (including phenoxy) is 3. The Hall–Kier alpha value is -4.42. The summed E-state index contributed by atoms with van der Waals surface area (Å²) in [6, 6.07) is 9.02. The quantitative estimate of drug-likeness (QED) is 0.175. The van der Waals surface area contributed by atoms with Crippen LogP contribution in [0.15, 0.2) is 46.6 Å². The second kappa shape index (κ2) is 19.2. The van der Waals surface area contributed by atoms with Crippen molar-refractivity contribution in [3.8, 4) is 0 Å². The van der Waals surface area contributed by atoms with Gasteiger partial charge in [0.25, 0.3) is 5.91 Å². The molecular formula is C42H53N4O9Zn-. The molecule has 2 aromatic rings. The van der Waals surface area contributed by atoms with Gasteiger partial charge in [0.2, 0.25) is 0 Å². The summed E-state index contributed by atoms with van der Waals surface area (Å²) in [7, 11) is 0. The van der Waals surface area contributed by atoms with Crippen LogP contribution in [0, 0.1) is 42.4 Å². The van der Waals surface area contributed by atoms with Crippen LogP contribution in [0.2, 0.25) is 0 Å². The number of amidine groups is 1. The van der Waals surface area contributed by atoms with Crippen molar-refractivity contribution in [2.24, 2.45) is 40.5 Å². The maximum Gasteiger partial charge on any atom is 0.342 e. The Balaban J connectivity index is 0.00000696. The van der Waals surface area contributed by atoms with Gasteiger partial charge in [0.1, 0.15) is 42.7 Å². The number of aromatic nitrogens is 1. The van der Waals surface area contributed by atoms with Crippen LogP contribution >= 0.6 is 0 Å². The van der Waals surface area contributed by atoms with E-state index in [1.807, 2.05) is 6.07 Å². The number of rotatable bonds is 11. The second-order valence-electron chi connectivity index (χ2n) is 15.9. The van der Waals surface area contributed by atoms with Gasteiger partial charge in [-0.05, 0) is 104 Å². The molecule has 0 spiro atoms. The molecule has 4 atom stereocenters. The average molecular weight is 823 g/mol. The average Bonchev–Trinajstić information content (AvgIpc) is 3.59. The SMILES string of the molecule is CC(=O)Nc1[n-]c(/C=C2\N=C(NC(=O)COCC(=O)O)C(C(=O)OC3C(C)CC(C)CC3C)=C2c2ccccc2)c(C)c1C(=O)OC1C(C)CC(C)CC1C.[Zn]. The first-order valence-corrected chi connectivity index (χ1v) is 19.1. The number of hydrogen-bond donors (Lipinski definition) is 3. The molecule has 2 fully saturated rings. The van der Waals surface area contributed by atoms with Gasteiger partial charge in [-0.15, -0.1) is 0 Å². The molecule has 1 aromatic heterocycles. The molecule has 56 heavy (non-hydrogen) atoms. The van der Waals surface area contributed by atoms with Gasteiger partial charge in [0.15, 0.2) is 0 Å². The van der Waals surface area contributed by atoms with Crippen LogP contribution in [0.4, 0.5) is 5.82 Å². The van der Waals surface area contributed by atoms with Crippen molar-refractivity contribution in [1.29, 1.82) is 0 Å². The largest absolute Gasteiger partial charge is 0.480 e. The van der Waals surface area contributed by atoms with Crippen LogP contribution in [0.1, 0.15) is 101 Å². The van der Waals surface area contributed by atoms with Crippen LogP contribution in [0.25, 0.3) is 11.6 Å². The van der Waals surface area contributed by atoms with Crippen LogP contribution in [-0.2, 0) is 52.9 Å². The molecule has 1 aliphatic heterocycles. The van der Waals surface area contributed by atoms with Crippen LogP contribution in [-0.4, -0.2) is 66.1 Å². The summed E-state index contributed by atoms with van der Waals surface area (Å²) in [5, 5.41) is 14.3. The van der Waals surface area contributed by atoms with Crippen molar-refractivity contribution >= 4 is 53.0 Å². The summed E-state index contributed by atoms with van der Waals surface area (Å²) in [5.74, 6) is -2.30. The standard InChI is InChI=1S/C42H54N4O9.Zn/c1-21-14-23(3)37(24(4)15-21)54-41(51)34-27(7)30(44-39(34)43-28(8)47)18-31-35(29-12-10-9-11-13-29)36(40(45-31)46-32(48)19-53-20-33(49)50)42(52)55-38-25(5)16-22(2)17-26(38)6;/h9-13,18,21-26,37-38H,14-17,19-20H2,1-8H3,(H4,43,44,45,46,47,48,49,50,51,52);/p-1. The molecule has 2 aliphatic carbocycles. The third-order valence-corrected chi connectivity index (χ3v) is 10.8. The zero-order valence-electron chi connectivity index (χ0n) is 33.6. The zero-order chi connectivity index (χ0) is 40.1. The number of allylic oxidation sites excluding steroid dienone is 1. The minimum absolute atomic E-state index is 0. The van der Waals surface area contributed by atoms with E-state index in [-0.39, 0.29) is 89.5 Å². The second-order valence-corrected chi connectivity index (χ2v) is 15.9. The summed E-state index contributed by atoms with van der Waals surface area (Å²) < 4.78 is 17.4. The van der Waals surface area contributed by atoms with E-state index >= 15 is 0 Å². The van der Waals surface area contributed by atoms with Crippen LogP contribution in [0.3, 0.4) is 0 Å². The number of nitrogens with one attached hydrogen (secondary N) is 2. The summed E-state index contributed by atoms with van der Waals surface area (Å²) in [6.07, 6.45) is 4.52. The van der Waals surface area contributed by atoms with Crippen molar-refractivity contribution in [2.45, 2.75) is 93.3 Å². The Morgan fingerprint density at radius 2 is 1.36 bits per heavy atom. The molecule has 0 radical (unpaired) electrons. The summed E-state index contributed by atoms with van der Waals surface area (Å²) in [6.45, 7) is 14.4. The number of esters is 2. The molecule has 4 unspecified atom stereocenters. The van der Waals surface area contributed by atoms with E-state index in [9.17, 15) is 24.0 Å². The minimum atomic E-state index is -1.24. The maximum absolute atomic E-state index is 14.4. The molecule has 13 nitrogen and oxygen atoms in total. The van der Waals surface area contributed by atoms with Crippen LogP contribution in [0.5, 0.6) is 0 Å². The third kappa shape index (κ3) is 10.5. The van der Waals surface area contributed by atoms with Crippen molar-refractivity contribution < 1.29 is 62.8 Å². The van der Waals surface area contributed by atoms with Crippen molar-refractivity contribution in [3.63, 3.8) is 0 Å². The predicted octanol–water partition coefficient (Wildman–Crippen LogP) is 6.17. The Morgan fingerprint density at radius 1 is 0.821 bits per heavy atom. The Morgan fingerprint density at radius 3 is 1.88 bits per heavy atom. The number of anilines is 1. The van der Waals surface area contributed by atoms with Gasteiger partial charge in [-0.1, -0.05) is 71.9 Å². The molecule has 0 saturated heterocycles. The maximum atomic E-state index is 14.4. The number of hydrogen-bond acceptors (Lipinski definition) is 9. The molecule has 5 rings (SSSR count). The zero-order valence-corrected chi connectivity index (χ0v) is 36.6. The Bertz CT molecular complexity index is 1880. The topological polar surface area (TPSA) is 184 Å². The smallest absolute Gasteiger partial charge is 0.342 e. The van der Waals surface area contributed by atoms with Crippen molar-refractivity contribution in [2.75, 3.05) is 18.5 Å².